The van der Waals surface area contributed by atoms with Crippen LogP contribution >= 0.6 is 0 Å². The van der Waals surface area contributed by atoms with Crippen LogP contribution in [0.1, 0.15) is 20.3 Å². The topological polar surface area (TPSA) is 70.5 Å². The van der Waals surface area contributed by atoms with E-state index in [0.29, 0.717) is 19.0 Å². The molecular formula is C16H27N5O2. The third kappa shape index (κ3) is 4.79. The Labute approximate surface area is 137 Å². The van der Waals surface area contributed by atoms with Gasteiger partial charge in [-0.15, -0.1) is 0 Å². The van der Waals surface area contributed by atoms with Crippen molar-refractivity contribution in [3.63, 3.8) is 0 Å². The number of amides is 1. The molecule has 1 N–H and O–H groups in total. The molecule has 0 saturated carbocycles. The Morgan fingerprint density at radius 1 is 1.43 bits per heavy atom. The predicted octanol–water partition coefficient (Wildman–Crippen LogP) is 0.0646. The van der Waals surface area contributed by atoms with E-state index in [1.807, 2.05) is 0 Å². The van der Waals surface area contributed by atoms with Crippen LogP contribution in [-0.2, 0) is 11.8 Å². The molecule has 1 aliphatic rings. The van der Waals surface area contributed by atoms with Crippen molar-refractivity contribution in [3.05, 3.63) is 22.6 Å². The van der Waals surface area contributed by atoms with E-state index in [2.05, 4.69) is 34.1 Å². The Bertz CT molecular complexity index is 582. The van der Waals surface area contributed by atoms with Crippen LogP contribution in [0.15, 0.2) is 17.1 Å². The minimum absolute atomic E-state index is 0.0856. The molecule has 1 saturated heterocycles. The van der Waals surface area contributed by atoms with E-state index in [0.717, 1.165) is 38.3 Å². The zero-order chi connectivity index (χ0) is 16.8. The van der Waals surface area contributed by atoms with Gasteiger partial charge in [0.2, 0.25) is 5.91 Å². The van der Waals surface area contributed by atoms with Crippen LogP contribution < -0.4 is 15.8 Å². The highest BCUT2D eigenvalue weighted by molar-refractivity contribution is 5.78. The van der Waals surface area contributed by atoms with Gasteiger partial charge in [0.1, 0.15) is 0 Å². The van der Waals surface area contributed by atoms with Crippen molar-refractivity contribution in [2.75, 3.05) is 44.2 Å². The summed E-state index contributed by atoms with van der Waals surface area (Å²) in [5, 5.41) is 7.09. The number of nitrogens with zero attached hydrogens (tertiary/aromatic N) is 4. The lowest BCUT2D eigenvalue weighted by Gasteiger charge is -2.19. The normalized spacial score (nSPS) is 17.7. The maximum atomic E-state index is 11.9. The Kier molecular flexibility index (Phi) is 6.15. The van der Waals surface area contributed by atoms with E-state index >= 15 is 0 Å². The molecule has 2 heterocycles. The smallest absolute Gasteiger partial charge is 0.268 e. The molecule has 1 aromatic rings. The van der Waals surface area contributed by atoms with Crippen molar-refractivity contribution in [1.29, 1.82) is 0 Å². The zero-order valence-corrected chi connectivity index (χ0v) is 14.3. The number of aryl methyl sites for hydroxylation is 1. The van der Waals surface area contributed by atoms with Gasteiger partial charge < -0.3 is 10.2 Å². The molecule has 1 aromatic heterocycles. The molecule has 1 amide bonds. The number of carbonyl (C=O) groups is 1. The highest BCUT2D eigenvalue weighted by atomic mass is 16.2. The number of hydrogen-bond acceptors (Lipinski definition) is 5. The Balaban J connectivity index is 1.80. The Morgan fingerprint density at radius 3 is 2.83 bits per heavy atom. The van der Waals surface area contributed by atoms with Gasteiger partial charge in [-0.2, -0.15) is 5.10 Å². The molecule has 0 spiro atoms. The van der Waals surface area contributed by atoms with E-state index in [4.69, 9.17) is 0 Å². The molecule has 0 unspecified atom stereocenters. The average molecular weight is 321 g/mol. The lowest BCUT2D eigenvalue weighted by molar-refractivity contribution is -0.122. The van der Waals surface area contributed by atoms with Gasteiger partial charge in [-0.3, -0.25) is 14.5 Å². The van der Waals surface area contributed by atoms with Crippen LogP contribution in [0.3, 0.4) is 0 Å². The number of anilines is 1. The van der Waals surface area contributed by atoms with E-state index in [-0.39, 0.29) is 11.5 Å². The summed E-state index contributed by atoms with van der Waals surface area (Å²) in [6, 6.07) is 1.62. The molecule has 0 bridgehead atoms. The first-order valence-electron chi connectivity index (χ1n) is 8.30. The molecule has 0 aromatic carbocycles. The second-order valence-electron chi connectivity index (χ2n) is 6.04. The number of aromatic nitrogens is 2. The van der Waals surface area contributed by atoms with Crippen molar-refractivity contribution in [2.45, 2.75) is 20.3 Å². The van der Waals surface area contributed by atoms with Gasteiger partial charge >= 0.3 is 0 Å². The fourth-order valence-corrected chi connectivity index (χ4v) is 2.83. The average Bonchev–Trinajstić information content (AvgIpc) is 3.02. The Hall–Kier alpha value is -1.89. The summed E-state index contributed by atoms with van der Waals surface area (Å²) in [5.41, 5.74) is 0.767. The predicted molar refractivity (Wildman–Crippen MR) is 90.6 cm³/mol. The van der Waals surface area contributed by atoms with Gasteiger partial charge in [-0.25, -0.2) is 4.68 Å². The number of likely N-dealkylation sites (N-methyl/N-ethyl adjacent to an activating group) is 1. The molecule has 23 heavy (non-hydrogen) atoms. The third-order valence-electron chi connectivity index (χ3n) is 4.45. The van der Waals surface area contributed by atoms with Crippen LogP contribution in [0.25, 0.3) is 0 Å². The summed E-state index contributed by atoms with van der Waals surface area (Å²) in [7, 11) is 1.64. The second kappa shape index (κ2) is 8.10. The summed E-state index contributed by atoms with van der Waals surface area (Å²) in [5.74, 6) is 0.502. The van der Waals surface area contributed by atoms with Crippen molar-refractivity contribution >= 4 is 11.6 Å². The standard InChI is InChI=1S/C16H27N5O2/c1-4-20(5-2)12-15(22)17-9-13-6-7-21(11-13)14-8-16(23)19(3)18-10-14/h8,10,13H,4-7,9,11-12H2,1-3H3,(H,17,22)/t13-/m0/s1. The van der Waals surface area contributed by atoms with Crippen molar-refractivity contribution < 1.29 is 4.79 Å². The zero-order valence-electron chi connectivity index (χ0n) is 14.3. The van der Waals surface area contributed by atoms with E-state index in [1.54, 1.807) is 19.3 Å². The molecule has 1 atom stereocenters. The number of nitrogens with one attached hydrogen (secondary N) is 1. The van der Waals surface area contributed by atoms with Crippen molar-refractivity contribution in [3.8, 4) is 0 Å². The van der Waals surface area contributed by atoms with E-state index < -0.39 is 0 Å². The third-order valence-corrected chi connectivity index (χ3v) is 4.45. The van der Waals surface area contributed by atoms with Crippen LogP contribution in [0, 0.1) is 5.92 Å². The van der Waals surface area contributed by atoms with E-state index in [1.165, 1.54) is 4.68 Å². The van der Waals surface area contributed by atoms with Gasteiger partial charge in [0, 0.05) is 32.7 Å². The molecule has 7 nitrogen and oxygen atoms in total. The maximum Gasteiger partial charge on any atom is 0.268 e. The largest absolute Gasteiger partial charge is 0.370 e. The van der Waals surface area contributed by atoms with Gasteiger partial charge in [-0.05, 0) is 25.4 Å². The first kappa shape index (κ1) is 17.5. The highest BCUT2D eigenvalue weighted by Crippen LogP contribution is 2.21. The first-order valence-corrected chi connectivity index (χ1v) is 8.30. The van der Waals surface area contributed by atoms with Gasteiger partial charge in [0.15, 0.2) is 0 Å². The monoisotopic (exact) mass is 321 g/mol. The summed E-state index contributed by atoms with van der Waals surface area (Å²) in [4.78, 5) is 27.9. The number of carbonyl (C=O) groups excluding carboxylic acids is 1. The van der Waals surface area contributed by atoms with Crippen LogP contribution in [0.5, 0.6) is 0 Å². The molecule has 128 valence electrons. The molecule has 1 fully saturated rings. The summed E-state index contributed by atoms with van der Waals surface area (Å²) in [6.45, 7) is 8.78. The molecule has 0 aliphatic carbocycles. The number of rotatable bonds is 7. The van der Waals surface area contributed by atoms with Crippen molar-refractivity contribution in [2.24, 2.45) is 13.0 Å². The van der Waals surface area contributed by atoms with E-state index in [9.17, 15) is 9.59 Å². The lowest BCUT2D eigenvalue weighted by atomic mass is 10.1. The molecule has 0 radical (unpaired) electrons. The minimum Gasteiger partial charge on any atom is -0.370 e. The second-order valence-corrected chi connectivity index (χ2v) is 6.04. The summed E-state index contributed by atoms with van der Waals surface area (Å²) >= 11 is 0. The molecule has 1 aliphatic heterocycles. The van der Waals surface area contributed by atoms with Crippen LogP contribution in [0.4, 0.5) is 5.69 Å². The Morgan fingerprint density at radius 2 is 2.17 bits per heavy atom. The maximum absolute atomic E-state index is 11.9. The van der Waals surface area contributed by atoms with Gasteiger partial charge in [0.25, 0.3) is 5.56 Å². The van der Waals surface area contributed by atoms with Gasteiger partial charge in [-0.1, -0.05) is 13.8 Å². The fraction of sp³-hybridized carbons (Fsp3) is 0.688. The first-order chi connectivity index (χ1) is 11.0. The fourth-order valence-electron chi connectivity index (χ4n) is 2.83. The molecule has 7 heteroatoms. The SMILES string of the molecule is CCN(CC)CC(=O)NC[C@@H]1CCN(c2cnn(C)c(=O)c2)C1. The van der Waals surface area contributed by atoms with Crippen LogP contribution in [0.2, 0.25) is 0 Å². The molecular weight excluding hydrogens is 294 g/mol. The van der Waals surface area contributed by atoms with Crippen molar-refractivity contribution in [1.82, 2.24) is 20.0 Å². The van der Waals surface area contributed by atoms with Gasteiger partial charge in [0.05, 0.1) is 18.4 Å². The summed E-state index contributed by atoms with van der Waals surface area (Å²) < 4.78 is 1.32. The highest BCUT2D eigenvalue weighted by Gasteiger charge is 2.23. The molecule has 2 rings (SSSR count). The summed E-state index contributed by atoms with van der Waals surface area (Å²) in [6.07, 6.45) is 2.74. The number of hydrogen-bond donors (Lipinski definition) is 1. The van der Waals surface area contributed by atoms with Crippen LogP contribution in [-0.4, -0.2) is 59.9 Å². The minimum atomic E-state index is -0.0986. The quantitative estimate of drug-likeness (QED) is 0.769. The lowest BCUT2D eigenvalue weighted by Crippen LogP contribution is -2.39.